The summed E-state index contributed by atoms with van der Waals surface area (Å²) in [6.07, 6.45) is 2.02. The lowest BCUT2D eigenvalue weighted by atomic mass is 9.87. The van der Waals surface area contributed by atoms with E-state index < -0.39 is 0 Å². The molecule has 15 heavy (non-hydrogen) atoms. The normalized spacial score (nSPS) is 12.5. The number of nitriles is 1. The highest BCUT2D eigenvalue weighted by molar-refractivity contribution is 5.35. The molecule has 1 heteroatoms. The Morgan fingerprint density at radius 1 is 1.20 bits per heavy atom. The molecule has 0 amide bonds. The van der Waals surface area contributed by atoms with Gasteiger partial charge in [-0.15, -0.1) is 0 Å². The smallest absolute Gasteiger partial charge is 0.0715 e. The third kappa shape index (κ3) is 2.83. The Balaban J connectivity index is 3.06. The Bertz CT molecular complexity index is 347. The van der Waals surface area contributed by atoms with Crippen molar-refractivity contribution < 1.29 is 0 Å². The molecule has 1 nitrogen and oxygen atoms in total. The van der Waals surface area contributed by atoms with Crippen LogP contribution in [0.2, 0.25) is 0 Å². The summed E-state index contributed by atoms with van der Waals surface area (Å²) in [4.78, 5) is 0. The van der Waals surface area contributed by atoms with Crippen molar-refractivity contribution in [2.24, 2.45) is 0 Å². The van der Waals surface area contributed by atoms with Crippen LogP contribution in [0.15, 0.2) is 24.3 Å². The van der Waals surface area contributed by atoms with Crippen LogP contribution in [0.3, 0.4) is 0 Å². The molecule has 0 radical (unpaired) electrons. The van der Waals surface area contributed by atoms with Crippen LogP contribution in [-0.4, -0.2) is 0 Å². The Labute approximate surface area is 92.7 Å². The summed E-state index contributed by atoms with van der Waals surface area (Å²) in [7, 11) is 0. The standard InChI is InChI=1S/C14H19N/c1-4-7-12(10-15)14-9-6-5-8-13(14)11(2)3/h5-6,8-9,11-12H,4,7H2,1-3H3. The highest BCUT2D eigenvalue weighted by Gasteiger charge is 2.14. The number of benzene rings is 1. The van der Waals surface area contributed by atoms with Gasteiger partial charge in [-0.25, -0.2) is 0 Å². The van der Waals surface area contributed by atoms with Gasteiger partial charge in [0.15, 0.2) is 0 Å². The van der Waals surface area contributed by atoms with Gasteiger partial charge >= 0.3 is 0 Å². The van der Waals surface area contributed by atoms with Crippen LogP contribution in [0.1, 0.15) is 56.6 Å². The number of hydrogen-bond acceptors (Lipinski definition) is 1. The van der Waals surface area contributed by atoms with E-state index in [2.05, 4.69) is 45.0 Å². The van der Waals surface area contributed by atoms with Gasteiger partial charge in [0.2, 0.25) is 0 Å². The van der Waals surface area contributed by atoms with Crippen molar-refractivity contribution in [3.05, 3.63) is 35.4 Å². The summed E-state index contributed by atoms with van der Waals surface area (Å²) in [5.74, 6) is 0.558. The minimum atomic E-state index is 0.0635. The van der Waals surface area contributed by atoms with Crippen LogP contribution >= 0.6 is 0 Å². The molecule has 0 aliphatic rings. The second-order valence-electron chi connectivity index (χ2n) is 4.25. The summed E-state index contributed by atoms with van der Waals surface area (Å²) in [6, 6.07) is 10.7. The molecule has 0 aromatic heterocycles. The van der Waals surface area contributed by atoms with E-state index in [0.717, 1.165) is 12.8 Å². The largest absolute Gasteiger partial charge is 0.198 e. The topological polar surface area (TPSA) is 23.8 Å². The van der Waals surface area contributed by atoms with Crippen molar-refractivity contribution >= 4 is 0 Å². The molecule has 0 aliphatic heterocycles. The van der Waals surface area contributed by atoms with Crippen LogP contribution in [0.5, 0.6) is 0 Å². The van der Waals surface area contributed by atoms with Gasteiger partial charge in [-0.05, 0) is 23.5 Å². The summed E-state index contributed by atoms with van der Waals surface area (Å²) in [5, 5.41) is 9.17. The first-order valence-electron chi connectivity index (χ1n) is 5.69. The third-order valence-electron chi connectivity index (χ3n) is 2.73. The number of hydrogen-bond donors (Lipinski definition) is 0. The van der Waals surface area contributed by atoms with Gasteiger partial charge < -0.3 is 0 Å². The van der Waals surface area contributed by atoms with E-state index in [1.54, 1.807) is 0 Å². The van der Waals surface area contributed by atoms with Crippen LogP contribution in [0.25, 0.3) is 0 Å². The number of nitrogens with zero attached hydrogens (tertiary/aromatic N) is 1. The fourth-order valence-electron chi connectivity index (χ4n) is 1.93. The number of rotatable bonds is 4. The van der Waals surface area contributed by atoms with Crippen LogP contribution in [0, 0.1) is 11.3 Å². The zero-order valence-electron chi connectivity index (χ0n) is 9.83. The van der Waals surface area contributed by atoms with Crippen molar-refractivity contribution in [3.8, 4) is 6.07 Å². The maximum atomic E-state index is 9.17. The van der Waals surface area contributed by atoms with Crippen molar-refractivity contribution in [3.63, 3.8) is 0 Å². The first-order valence-corrected chi connectivity index (χ1v) is 5.69. The second kappa shape index (κ2) is 5.56. The van der Waals surface area contributed by atoms with Gasteiger partial charge in [-0.1, -0.05) is 51.5 Å². The van der Waals surface area contributed by atoms with Crippen LogP contribution in [-0.2, 0) is 0 Å². The molecule has 1 rings (SSSR count). The van der Waals surface area contributed by atoms with Crippen molar-refractivity contribution in [1.29, 1.82) is 5.26 Å². The lowest BCUT2D eigenvalue weighted by Gasteiger charge is -2.16. The van der Waals surface area contributed by atoms with E-state index in [4.69, 9.17) is 5.26 Å². The van der Waals surface area contributed by atoms with Gasteiger partial charge in [0.1, 0.15) is 0 Å². The van der Waals surface area contributed by atoms with E-state index in [1.807, 2.05) is 6.07 Å². The minimum Gasteiger partial charge on any atom is -0.198 e. The maximum Gasteiger partial charge on any atom is 0.0715 e. The van der Waals surface area contributed by atoms with E-state index >= 15 is 0 Å². The second-order valence-corrected chi connectivity index (χ2v) is 4.25. The van der Waals surface area contributed by atoms with E-state index in [9.17, 15) is 0 Å². The van der Waals surface area contributed by atoms with E-state index in [1.165, 1.54) is 11.1 Å². The van der Waals surface area contributed by atoms with Gasteiger partial charge in [-0.2, -0.15) is 5.26 Å². The van der Waals surface area contributed by atoms with E-state index in [0.29, 0.717) is 5.92 Å². The molecule has 0 spiro atoms. The van der Waals surface area contributed by atoms with Crippen LogP contribution < -0.4 is 0 Å². The zero-order valence-corrected chi connectivity index (χ0v) is 9.83. The summed E-state index contributed by atoms with van der Waals surface area (Å²) < 4.78 is 0. The fraction of sp³-hybridized carbons (Fsp3) is 0.500. The molecule has 0 saturated carbocycles. The van der Waals surface area contributed by atoms with Crippen molar-refractivity contribution in [2.75, 3.05) is 0 Å². The molecule has 1 aromatic carbocycles. The maximum absolute atomic E-state index is 9.17. The summed E-state index contributed by atoms with van der Waals surface area (Å²) in [6.45, 7) is 6.49. The Hall–Kier alpha value is -1.29. The summed E-state index contributed by atoms with van der Waals surface area (Å²) in [5.41, 5.74) is 2.54. The predicted octanol–water partition coefficient (Wildman–Crippen LogP) is 4.22. The molecule has 0 N–H and O–H groups in total. The van der Waals surface area contributed by atoms with Gasteiger partial charge in [0.05, 0.1) is 12.0 Å². The summed E-state index contributed by atoms with van der Waals surface area (Å²) >= 11 is 0. The third-order valence-corrected chi connectivity index (χ3v) is 2.73. The SMILES string of the molecule is CCCC(C#N)c1ccccc1C(C)C. The van der Waals surface area contributed by atoms with Gasteiger partial charge in [0.25, 0.3) is 0 Å². The lowest BCUT2D eigenvalue weighted by Crippen LogP contribution is -2.02. The molecule has 80 valence electrons. The quantitative estimate of drug-likeness (QED) is 0.715. The van der Waals surface area contributed by atoms with Crippen molar-refractivity contribution in [2.45, 2.75) is 45.4 Å². The average Bonchev–Trinajstić information content (AvgIpc) is 2.26. The molecular weight excluding hydrogens is 182 g/mol. The Morgan fingerprint density at radius 3 is 2.27 bits per heavy atom. The first kappa shape index (κ1) is 11.8. The van der Waals surface area contributed by atoms with Gasteiger partial charge in [0, 0.05) is 0 Å². The molecule has 0 aliphatic carbocycles. The molecule has 1 atom stereocenters. The highest BCUT2D eigenvalue weighted by atomic mass is 14.3. The molecule has 0 fully saturated rings. The predicted molar refractivity (Wildman–Crippen MR) is 63.8 cm³/mol. The molecule has 0 saturated heterocycles. The monoisotopic (exact) mass is 201 g/mol. The molecule has 1 unspecified atom stereocenters. The highest BCUT2D eigenvalue weighted by Crippen LogP contribution is 2.28. The van der Waals surface area contributed by atoms with Crippen molar-refractivity contribution in [1.82, 2.24) is 0 Å². The molecular formula is C14H19N. The average molecular weight is 201 g/mol. The van der Waals surface area contributed by atoms with Gasteiger partial charge in [-0.3, -0.25) is 0 Å². The lowest BCUT2D eigenvalue weighted by molar-refractivity contribution is 0.708. The molecule has 1 aromatic rings. The molecule has 0 heterocycles. The first-order chi connectivity index (χ1) is 7.20. The Morgan fingerprint density at radius 2 is 1.80 bits per heavy atom. The Kier molecular flexibility index (Phi) is 4.37. The fourth-order valence-corrected chi connectivity index (χ4v) is 1.93. The zero-order chi connectivity index (χ0) is 11.3. The van der Waals surface area contributed by atoms with Crippen LogP contribution in [0.4, 0.5) is 0 Å². The van der Waals surface area contributed by atoms with E-state index in [-0.39, 0.29) is 5.92 Å². The molecule has 0 bridgehead atoms. The minimum absolute atomic E-state index is 0.0635.